The first-order valence-electron chi connectivity index (χ1n) is 11.4. The molecule has 2 nitrogen and oxygen atoms in total. The first-order chi connectivity index (χ1) is 16.1. The molecule has 0 aromatic heterocycles. The molecule has 0 bridgehead atoms. The normalized spacial score (nSPS) is 13.5. The van der Waals surface area contributed by atoms with E-state index in [9.17, 15) is 5.11 Å². The van der Waals surface area contributed by atoms with Gasteiger partial charge in [-0.15, -0.1) is 0 Å². The summed E-state index contributed by atoms with van der Waals surface area (Å²) in [5.74, 6) is 0.306. The van der Waals surface area contributed by atoms with Crippen molar-refractivity contribution < 1.29 is 5.11 Å². The lowest BCUT2D eigenvalue weighted by Gasteiger charge is -2.29. The fourth-order valence-electron chi connectivity index (χ4n) is 5.33. The zero-order chi connectivity index (χ0) is 22.6. The average molecular weight is 428 g/mol. The first kappa shape index (κ1) is 19.6. The molecule has 5 aromatic carbocycles. The molecule has 160 valence electrons. The minimum Gasteiger partial charge on any atom is -0.508 e. The molecule has 0 atom stereocenters. The number of para-hydroxylation sites is 2. The van der Waals surface area contributed by atoms with Gasteiger partial charge in [0, 0.05) is 22.2 Å². The lowest BCUT2D eigenvalue weighted by Crippen LogP contribution is -2.17. The van der Waals surface area contributed by atoms with Crippen LogP contribution in [-0.4, -0.2) is 5.11 Å². The van der Waals surface area contributed by atoms with Crippen LogP contribution in [-0.2, 0) is 5.41 Å². The summed E-state index contributed by atoms with van der Waals surface area (Å²) < 4.78 is 0. The molecule has 1 aliphatic carbocycles. The molecule has 0 amide bonds. The Morgan fingerprint density at radius 3 is 1.82 bits per heavy atom. The molecule has 2 heteroatoms. The second-order valence-corrected chi connectivity index (χ2v) is 9.23. The molecule has 0 saturated carbocycles. The fraction of sp³-hybridized carbons (Fsp3) is 0.0968. The Hall–Kier alpha value is -4.04. The first-order valence-corrected chi connectivity index (χ1v) is 11.4. The molecule has 33 heavy (non-hydrogen) atoms. The Kier molecular flexibility index (Phi) is 4.31. The van der Waals surface area contributed by atoms with Crippen LogP contribution in [0.3, 0.4) is 0 Å². The van der Waals surface area contributed by atoms with Crippen LogP contribution in [0.1, 0.15) is 25.0 Å². The maximum Gasteiger partial charge on any atom is 0.116 e. The van der Waals surface area contributed by atoms with E-state index in [0.717, 1.165) is 22.6 Å². The molecule has 0 saturated heterocycles. The van der Waals surface area contributed by atoms with Gasteiger partial charge in [0.05, 0.1) is 5.69 Å². The van der Waals surface area contributed by atoms with Gasteiger partial charge in [0.15, 0.2) is 0 Å². The highest BCUT2D eigenvalue weighted by Gasteiger charge is 2.38. The van der Waals surface area contributed by atoms with Crippen molar-refractivity contribution in [3.8, 4) is 16.9 Å². The van der Waals surface area contributed by atoms with Crippen LogP contribution in [0.2, 0.25) is 0 Å². The SMILES string of the molecule is CC1(C)c2ccc(O)cc2-c2c1cc(N(c1ccccc1)c1ccccc1)c1ccccc21. The van der Waals surface area contributed by atoms with Gasteiger partial charge >= 0.3 is 0 Å². The number of rotatable bonds is 3. The maximum absolute atomic E-state index is 10.3. The molecule has 0 fully saturated rings. The highest BCUT2D eigenvalue weighted by atomic mass is 16.3. The Bertz CT molecular complexity index is 1450. The summed E-state index contributed by atoms with van der Waals surface area (Å²) in [5.41, 5.74) is 8.13. The predicted molar refractivity (Wildman–Crippen MR) is 138 cm³/mol. The summed E-state index contributed by atoms with van der Waals surface area (Å²) in [6.07, 6.45) is 0. The van der Waals surface area contributed by atoms with Crippen molar-refractivity contribution >= 4 is 27.8 Å². The lowest BCUT2D eigenvalue weighted by molar-refractivity contribution is 0.475. The summed E-state index contributed by atoms with van der Waals surface area (Å²) >= 11 is 0. The van der Waals surface area contributed by atoms with Crippen molar-refractivity contribution in [2.24, 2.45) is 0 Å². The van der Waals surface area contributed by atoms with Gasteiger partial charge in [-0.1, -0.05) is 80.6 Å². The van der Waals surface area contributed by atoms with Crippen LogP contribution in [0.25, 0.3) is 21.9 Å². The largest absolute Gasteiger partial charge is 0.508 e. The van der Waals surface area contributed by atoms with Gasteiger partial charge in [0.25, 0.3) is 0 Å². The van der Waals surface area contributed by atoms with Gasteiger partial charge in [0.2, 0.25) is 0 Å². The smallest absolute Gasteiger partial charge is 0.116 e. The number of nitrogens with zero attached hydrogens (tertiary/aromatic N) is 1. The lowest BCUT2D eigenvalue weighted by atomic mass is 9.81. The summed E-state index contributed by atoms with van der Waals surface area (Å²) in [5, 5.41) is 12.7. The van der Waals surface area contributed by atoms with E-state index in [1.165, 1.54) is 27.5 Å². The van der Waals surface area contributed by atoms with Crippen molar-refractivity contribution in [1.29, 1.82) is 0 Å². The highest BCUT2D eigenvalue weighted by Crippen LogP contribution is 2.54. The van der Waals surface area contributed by atoms with Gasteiger partial charge in [0.1, 0.15) is 5.75 Å². The van der Waals surface area contributed by atoms with Gasteiger partial charge in [-0.2, -0.15) is 0 Å². The monoisotopic (exact) mass is 427 g/mol. The Balaban J connectivity index is 1.72. The Morgan fingerprint density at radius 2 is 1.18 bits per heavy atom. The van der Waals surface area contributed by atoms with E-state index in [1.54, 1.807) is 6.07 Å². The molecule has 6 rings (SSSR count). The van der Waals surface area contributed by atoms with Crippen LogP contribution in [0, 0.1) is 0 Å². The van der Waals surface area contributed by atoms with Crippen LogP contribution >= 0.6 is 0 Å². The number of phenols is 1. The Morgan fingerprint density at radius 1 is 0.606 bits per heavy atom. The predicted octanol–water partition coefficient (Wildman–Crippen LogP) is 8.32. The zero-order valence-electron chi connectivity index (χ0n) is 18.8. The third-order valence-electron chi connectivity index (χ3n) is 6.91. The number of aromatic hydroxyl groups is 1. The zero-order valence-corrected chi connectivity index (χ0v) is 18.8. The quantitative estimate of drug-likeness (QED) is 0.313. The second-order valence-electron chi connectivity index (χ2n) is 9.23. The van der Waals surface area contributed by atoms with Gasteiger partial charge in [-0.3, -0.25) is 0 Å². The standard InChI is InChI=1S/C31H25NO/c1-31(2)27-18-17-23(33)19-26(27)30-25-16-10-9-15-24(25)29(20-28(30)31)32(21-11-5-3-6-12-21)22-13-7-4-8-14-22/h3-20,33H,1-2H3. The molecule has 1 N–H and O–H groups in total. The van der Waals surface area contributed by atoms with E-state index in [1.807, 2.05) is 6.07 Å². The van der Waals surface area contributed by atoms with Crippen LogP contribution in [0.5, 0.6) is 5.75 Å². The number of hydrogen-bond donors (Lipinski definition) is 1. The van der Waals surface area contributed by atoms with Crippen molar-refractivity contribution in [2.45, 2.75) is 19.3 Å². The molecule has 0 aliphatic heterocycles. The van der Waals surface area contributed by atoms with Gasteiger partial charge in [-0.25, -0.2) is 0 Å². The van der Waals surface area contributed by atoms with Crippen LogP contribution in [0.15, 0.2) is 109 Å². The van der Waals surface area contributed by atoms with Gasteiger partial charge in [-0.05, 0) is 70.1 Å². The van der Waals surface area contributed by atoms with Crippen molar-refractivity contribution in [2.75, 3.05) is 4.90 Å². The van der Waals surface area contributed by atoms with Crippen LogP contribution in [0.4, 0.5) is 17.1 Å². The van der Waals surface area contributed by atoms with E-state index in [2.05, 4.69) is 116 Å². The molecular weight excluding hydrogens is 402 g/mol. The number of anilines is 3. The molecule has 0 radical (unpaired) electrons. The summed E-state index contributed by atoms with van der Waals surface area (Å²) in [7, 11) is 0. The number of fused-ring (bicyclic) bond motifs is 5. The van der Waals surface area contributed by atoms with Crippen molar-refractivity contribution in [1.82, 2.24) is 0 Å². The van der Waals surface area contributed by atoms with Crippen molar-refractivity contribution in [3.63, 3.8) is 0 Å². The second kappa shape index (κ2) is 7.25. The molecule has 5 aromatic rings. The number of benzene rings is 5. The maximum atomic E-state index is 10.3. The van der Waals surface area contributed by atoms with E-state index < -0.39 is 0 Å². The van der Waals surface area contributed by atoms with Crippen molar-refractivity contribution in [3.05, 3.63) is 120 Å². The molecule has 0 heterocycles. The minimum atomic E-state index is -0.170. The third-order valence-corrected chi connectivity index (χ3v) is 6.91. The van der Waals surface area contributed by atoms with Crippen LogP contribution < -0.4 is 4.90 Å². The molecule has 0 spiro atoms. The molecule has 0 unspecified atom stereocenters. The number of hydrogen-bond acceptors (Lipinski definition) is 2. The summed E-state index contributed by atoms with van der Waals surface area (Å²) in [4.78, 5) is 2.35. The minimum absolute atomic E-state index is 0.170. The highest BCUT2D eigenvalue weighted by molar-refractivity contribution is 6.10. The van der Waals surface area contributed by atoms with E-state index in [-0.39, 0.29) is 5.41 Å². The fourth-order valence-corrected chi connectivity index (χ4v) is 5.33. The summed E-state index contributed by atoms with van der Waals surface area (Å²) in [6.45, 7) is 4.56. The van der Waals surface area contributed by atoms with E-state index in [0.29, 0.717) is 5.75 Å². The van der Waals surface area contributed by atoms with Gasteiger partial charge < -0.3 is 10.0 Å². The Labute approximate surface area is 194 Å². The average Bonchev–Trinajstić information content (AvgIpc) is 3.07. The molecular formula is C31H25NO. The third kappa shape index (κ3) is 2.95. The van der Waals surface area contributed by atoms with E-state index >= 15 is 0 Å². The molecule has 1 aliphatic rings. The topological polar surface area (TPSA) is 23.5 Å². The van der Waals surface area contributed by atoms with E-state index in [4.69, 9.17) is 0 Å². The number of phenolic OH excluding ortho intramolecular Hbond substituents is 1. The summed E-state index contributed by atoms with van der Waals surface area (Å²) in [6, 6.07) is 37.9.